The molecule has 0 bridgehead atoms. The van der Waals surface area contributed by atoms with E-state index in [2.05, 4.69) is 47.8 Å². The van der Waals surface area contributed by atoms with Gasteiger partial charge in [0.1, 0.15) is 13.2 Å². The fourth-order valence-electron chi connectivity index (χ4n) is 6.89. The Labute approximate surface area is 402 Å². The van der Waals surface area contributed by atoms with Gasteiger partial charge in [0.25, 0.3) is 11.8 Å². The van der Waals surface area contributed by atoms with Crippen molar-refractivity contribution in [3.63, 3.8) is 0 Å². The molecule has 4 aromatic rings. The molecule has 3 aliphatic rings. The van der Waals surface area contributed by atoms with E-state index in [9.17, 15) is 53.6 Å². The Hall–Kier alpha value is -5.40. The molecule has 2 aliphatic carbocycles. The van der Waals surface area contributed by atoms with Crippen molar-refractivity contribution in [2.45, 2.75) is 34.5 Å². The van der Waals surface area contributed by atoms with E-state index in [-0.39, 0.29) is 35.8 Å². The van der Waals surface area contributed by atoms with Crippen LogP contribution in [-0.4, -0.2) is 95.9 Å². The van der Waals surface area contributed by atoms with E-state index in [1.54, 1.807) is 60.7 Å². The van der Waals surface area contributed by atoms with Gasteiger partial charge in [-0.2, -0.15) is 5.54 Å². The molecule has 0 radical (unpaired) electrons. The number of benzene rings is 4. The van der Waals surface area contributed by atoms with Gasteiger partial charge in [-0.1, -0.05) is 56.4 Å². The second-order valence-electron chi connectivity index (χ2n) is 13.5. The molecule has 26 heteroatoms. The third-order valence-electron chi connectivity index (χ3n) is 9.60. The van der Waals surface area contributed by atoms with Crippen LogP contribution in [-0.2, 0) is 46.1 Å². The Kier molecular flexibility index (Phi) is 20.1. The molecule has 1 fully saturated rings. The molecular weight excluding hydrogens is 1140 g/mol. The minimum Gasteiger partial charge on any atom is -0.447 e. The van der Waals surface area contributed by atoms with Crippen LogP contribution in [0.3, 0.4) is 0 Å². The number of nitrogens with two attached hydrogens (primary N) is 1. The Morgan fingerprint density at radius 1 is 0.727 bits per heavy atom. The van der Waals surface area contributed by atoms with Crippen LogP contribution < -0.4 is 30.8 Å². The van der Waals surface area contributed by atoms with Crippen LogP contribution in [0.4, 0.5) is 37.9 Å². The number of fused-ring (bicyclic) bond motifs is 6. The topological polar surface area (TPSA) is 294 Å². The monoisotopic (exact) mass is 1190 g/mol. The van der Waals surface area contributed by atoms with E-state index in [0.29, 0.717) is 33.1 Å². The summed E-state index contributed by atoms with van der Waals surface area (Å²) in [6.07, 6.45) is -2.54. The number of hydroxylamine groups is 2. The van der Waals surface area contributed by atoms with E-state index < -0.39 is 90.8 Å². The molecule has 7 rings (SSSR count). The van der Waals surface area contributed by atoms with Crippen LogP contribution >= 0.6 is 43.3 Å². The fourth-order valence-corrected chi connectivity index (χ4v) is 7.72. The number of halogens is 4. The first kappa shape index (κ1) is 53.2. The van der Waals surface area contributed by atoms with Crippen molar-refractivity contribution >= 4 is 113 Å². The molecule has 66 heavy (non-hydrogen) atoms. The first-order valence-electron chi connectivity index (χ1n) is 18.8. The number of amides is 7. The summed E-state index contributed by atoms with van der Waals surface area (Å²) in [4.78, 5) is 78.4. The first-order valence-corrected chi connectivity index (χ1v) is 27.4. The Bertz CT molecular complexity index is 2520. The quantitative estimate of drug-likeness (QED) is 0.0209. The third-order valence-corrected chi connectivity index (χ3v) is 10.9. The number of nitrogens with zero attached hydrogens (tertiary/aromatic N) is 1. The van der Waals surface area contributed by atoms with E-state index in [4.69, 9.17) is 14.3 Å². The normalized spacial score (nSPS) is 15.7. The number of nitrogens with one attached hydrogen (secondary N) is 5. The van der Waals surface area contributed by atoms with E-state index in [1.165, 1.54) is 31.2 Å². The third kappa shape index (κ3) is 13.6. The van der Waals surface area contributed by atoms with Gasteiger partial charge in [0.15, 0.2) is 22.2 Å². The molecule has 4 atom stereocenters. The summed E-state index contributed by atoms with van der Waals surface area (Å²) in [5, 5.41) is 10.6. The Morgan fingerprint density at radius 2 is 1.09 bits per heavy atom. The zero-order chi connectivity index (χ0) is 48.8. The molecular formula is C40H43F2I2N7O13S2. The second kappa shape index (κ2) is 24.9. The van der Waals surface area contributed by atoms with Gasteiger partial charge in [0.05, 0.1) is 9.79 Å². The van der Waals surface area contributed by atoms with Crippen molar-refractivity contribution in [3.8, 4) is 22.3 Å². The number of imide groups is 1. The SMILES string of the molecule is CI.CI(N)F.CNC(=O)Nc1ccc2c(c1)C(COC(=O)NF)c1cc(S(=O)O)ccc1-2.CNC(=O)Nc1ccc2c(c1)C(COC(=O)ON1C(=O)CCC1=O)c1cc(S(=O)O)ccc1-2. The number of hydrogen-bond donors (Lipinski definition) is 8. The predicted octanol–water partition coefficient (Wildman–Crippen LogP) is 7.02. The van der Waals surface area contributed by atoms with Crippen LogP contribution in [0.15, 0.2) is 82.6 Å². The largest absolute Gasteiger partial charge is 0.533 e. The van der Waals surface area contributed by atoms with Gasteiger partial charge >= 0.3 is 56.7 Å². The maximum absolute atomic E-state index is 12.2. The van der Waals surface area contributed by atoms with Gasteiger partial charge in [0.2, 0.25) is 0 Å². The molecule has 7 amide bonds. The van der Waals surface area contributed by atoms with Crippen molar-refractivity contribution in [2.75, 3.05) is 47.8 Å². The number of rotatable bonds is 9. The van der Waals surface area contributed by atoms with Crippen molar-refractivity contribution in [2.24, 2.45) is 3.95 Å². The van der Waals surface area contributed by atoms with Gasteiger partial charge in [-0.05, 0) is 98.0 Å². The number of alkyl halides is 2. The van der Waals surface area contributed by atoms with E-state index in [0.717, 1.165) is 33.4 Å². The molecule has 0 spiro atoms. The van der Waals surface area contributed by atoms with Gasteiger partial charge in [-0.3, -0.25) is 14.4 Å². The van der Waals surface area contributed by atoms with Gasteiger partial charge in [-0.25, -0.2) is 27.6 Å². The van der Waals surface area contributed by atoms with Crippen molar-refractivity contribution in [1.82, 2.24) is 21.2 Å². The summed E-state index contributed by atoms with van der Waals surface area (Å²) in [5.41, 5.74) is 7.89. The predicted molar refractivity (Wildman–Crippen MR) is 256 cm³/mol. The van der Waals surface area contributed by atoms with Gasteiger partial charge in [0, 0.05) is 50.1 Å². The summed E-state index contributed by atoms with van der Waals surface area (Å²) in [6, 6.07) is 19.2. The number of carbonyl (C=O) groups is 6. The number of ether oxygens (including phenoxy) is 2. The molecule has 20 nitrogen and oxygen atoms in total. The minimum absolute atomic E-state index is 0.0440. The molecule has 0 saturated carbocycles. The molecule has 4 aromatic carbocycles. The van der Waals surface area contributed by atoms with Gasteiger partial charge < -0.3 is 39.8 Å². The maximum atomic E-state index is 12.2. The maximum Gasteiger partial charge on any atom is 0.533 e. The van der Waals surface area contributed by atoms with Crippen LogP contribution in [0.1, 0.15) is 46.9 Å². The molecule has 4 unspecified atom stereocenters. The standard InChI is InChI=1S/C21H19N3O8S.C17H16FN3O5S.CH5FIN.CH3I/c1-22-20(27)23-11-2-4-13-14-5-3-12(33(29)30)9-16(14)17(15(13)8-11)10-31-21(28)32-24-18(25)6-7-19(24)26;1-19-16(22)20-9-2-4-11-12-5-3-10(27(24)25)7-14(12)15(13(11)6-9)8-26-17(23)21-18;1-3(2)4;1-2/h2-5,8-9,17H,6-7,10H2,1H3,(H,29,30)(H2,22,23,27);2-7,15H,8H2,1H3,(H,21,23)(H,24,25)(H2,19,20,22);4H2,1H3;1H3. The van der Waals surface area contributed by atoms with Crippen LogP contribution in [0, 0.1) is 0 Å². The smallest absolute Gasteiger partial charge is 0.447 e. The number of carbonyl (C=O) groups excluding carboxylic acids is 6. The van der Waals surface area contributed by atoms with Crippen LogP contribution in [0.5, 0.6) is 0 Å². The van der Waals surface area contributed by atoms with Gasteiger partial charge in [-0.15, -0.1) is 0 Å². The van der Waals surface area contributed by atoms with Crippen molar-refractivity contribution in [3.05, 3.63) is 95.1 Å². The Balaban J connectivity index is 0.000000262. The molecule has 1 aliphatic heterocycles. The minimum atomic E-state index is -2.26. The second-order valence-corrected chi connectivity index (χ2v) is 18.0. The molecule has 1 saturated heterocycles. The molecule has 9 N–H and O–H groups in total. The summed E-state index contributed by atoms with van der Waals surface area (Å²) in [5.74, 6) is -2.30. The summed E-state index contributed by atoms with van der Waals surface area (Å²) in [7, 11) is 2.97. The molecule has 0 aromatic heterocycles. The fraction of sp³-hybridized carbons (Fsp3) is 0.250. The summed E-state index contributed by atoms with van der Waals surface area (Å²) < 4.78 is 79.7. The average molecular weight is 1190 g/mol. The summed E-state index contributed by atoms with van der Waals surface area (Å²) >= 11 is -4.51. The molecule has 356 valence electrons. The van der Waals surface area contributed by atoms with Crippen molar-refractivity contribution < 1.29 is 67.9 Å². The number of anilines is 2. The van der Waals surface area contributed by atoms with E-state index >= 15 is 0 Å². The Morgan fingerprint density at radius 3 is 1.45 bits per heavy atom. The first-order chi connectivity index (χ1) is 31.4. The zero-order valence-corrected chi connectivity index (χ0v) is 41.1. The molecule has 1 heterocycles. The van der Waals surface area contributed by atoms with Crippen LogP contribution in [0.25, 0.3) is 22.3 Å². The summed E-state index contributed by atoms with van der Waals surface area (Å²) in [6.45, 7) is -0.416. The average Bonchev–Trinajstić information content (AvgIpc) is 3.90. The number of hydrogen-bond acceptors (Lipinski definition) is 12. The van der Waals surface area contributed by atoms with Crippen LogP contribution in [0.2, 0.25) is 0 Å². The number of urea groups is 2. The van der Waals surface area contributed by atoms with Crippen molar-refractivity contribution in [1.29, 1.82) is 0 Å². The zero-order valence-electron chi connectivity index (χ0n) is 35.1. The van der Waals surface area contributed by atoms with E-state index in [1.807, 2.05) is 4.93 Å².